The van der Waals surface area contributed by atoms with Crippen LogP contribution in [0.1, 0.15) is 35.2 Å². The smallest absolute Gasteiger partial charge is 0.408 e. The zero-order valence-corrected chi connectivity index (χ0v) is 14.3. The van der Waals surface area contributed by atoms with Crippen LogP contribution in [0, 0.1) is 0 Å². The van der Waals surface area contributed by atoms with E-state index in [-0.39, 0.29) is 24.5 Å². The van der Waals surface area contributed by atoms with E-state index in [1.807, 2.05) is 18.2 Å². The summed E-state index contributed by atoms with van der Waals surface area (Å²) < 4.78 is 4.94. The van der Waals surface area contributed by atoms with Crippen molar-refractivity contribution in [2.75, 3.05) is 6.54 Å². The molecule has 0 fully saturated rings. The molecule has 0 saturated carbocycles. The first-order chi connectivity index (χ1) is 12.6. The molecule has 2 aromatic carbocycles. The number of fused-ring (bicyclic) bond motifs is 1. The molecule has 134 valence electrons. The highest BCUT2D eigenvalue weighted by molar-refractivity contribution is 6.00. The molecule has 0 saturated heterocycles. The Morgan fingerprint density at radius 3 is 2.65 bits per heavy atom. The van der Waals surface area contributed by atoms with Crippen molar-refractivity contribution in [3.05, 3.63) is 70.2 Å². The number of benzene rings is 2. The minimum atomic E-state index is -0.556. The Morgan fingerprint density at radius 1 is 1.04 bits per heavy atom. The SMILES string of the molecule is O=C(CCC(=O)c1ccc2[nH]c(=O)oc2c1)NCCCc1ccccc1. The monoisotopic (exact) mass is 352 g/mol. The van der Waals surface area contributed by atoms with Gasteiger partial charge in [-0.3, -0.25) is 14.6 Å². The van der Waals surface area contributed by atoms with Crippen LogP contribution in [0.4, 0.5) is 0 Å². The zero-order valence-electron chi connectivity index (χ0n) is 14.3. The summed E-state index contributed by atoms with van der Waals surface area (Å²) in [7, 11) is 0. The summed E-state index contributed by atoms with van der Waals surface area (Å²) in [5.74, 6) is -0.852. The van der Waals surface area contributed by atoms with Crippen molar-refractivity contribution in [1.82, 2.24) is 10.3 Å². The summed E-state index contributed by atoms with van der Waals surface area (Å²) in [6.07, 6.45) is 2.01. The number of rotatable bonds is 8. The highest BCUT2D eigenvalue weighted by atomic mass is 16.4. The van der Waals surface area contributed by atoms with Gasteiger partial charge in [0.25, 0.3) is 0 Å². The van der Waals surface area contributed by atoms with Crippen molar-refractivity contribution >= 4 is 22.8 Å². The zero-order chi connectivity index (χ0) is 18.4. The van der Waals surface area contributed by atoms with E-state index < -0.39 is 5.76 Å². The summed E-state index contributed by atoms with van der Waals surface area (Å²) in [5.41, 5.74) is 2.55. The molecule has 1 heterocycles. The second-order valence-electron chi connectivity index (χ2n) is 6.09. The van der Waals surface area contributed by atoms with E-state index in [9.17, 15) is 14.4 Å². The number of aromatic nitrogens is 1. The lowest BCUT2D eigenvalue weighted by Crippen LogP contribution is -2.25. The highest BCUT2D eigenvalue weighted by Gasteiger charge is 2.11. The third-order valence-corrected chi connectivity index (χ3v) is 4.13. The Kier molecular flexibility index (Phi) is 5.63. The van der Waals surface area contributed by atoms with Crippen LogP contribution in [0.3, 0.4) is 0 Å². The molecule has 0 aliphatic carbocycles. The predicted molar refractivity (Wildman–Crippen MR) is 98.2 cm³/mol. The van der Waals surface area contributed by atoms with Crippen LogP contribution in [0.5, 0.6) is 0 Å². The van der Waals surface area contributed by atoms with Crippen LogP contribution in [0.25, 0.3) is 11.1 Å². The Bertz CT molecular complexity index is 957. The van der Waals surface area contributed by atoms with E-state index >= 15 is 0 Å². The largest absolute Gasteiger partial charge is 0.417 e. The Hall–Kier alpha value is -3.15. The number of aromatic amines is 1. The third-order valence-electron chi connectivity index (χ3n) is 4.13. The maximum Gasteiger partial charge on any atom is 0.417 e. The number of aryl methyl sites for hydroxylation is 1. The van der Waals surface area contributed by atoms with Crippen molar-refractivity contribution in [2.24, 2.45) is 0 Å². The van der Waals surface area contributed by atoms with E-state index in [2.05, 4.69) is 22.4 Å². The van der Waals surface area contributed by atoms with Gasteiger partial charge in [0.1, 0.15) is 0 Å². The fraction of sp³-hybridized carbons (Fsp3) is 0.250. The van der Waals surface area contributed by atoms with Crippen LogP contribution in [0.15, 0.2) is 57.7 Å². The molecule has 6 nitrogen and oxygen atoms in total. The van der Waals surface area contributed by atoms with Crippen LogP contribution in [-0.2, 0) is 11.2 Å². The standard InChI is InChI=1S/C20H20N2O4/c23-17(15-8-9-16-18(13-15)26-20(25)22-16)10-11-19(24)21-12-4-7-14-5-2-1-3-6-14/h1-3,5-6,8-9,13H,4,7,10-12H2,(H,21,24)(H,22,25). The molecule has 1 aromatic heterocycles. The topological polar surface area (TPSA) is 92.2 Å². The first-order valence-corrected chi connectivity index (χ1v) is 8.58. The van der Waals surface area contributed by atoms with E-state index in [4.69, 9.17) is 4.42 Å². The lowest BCUT2D eigenvalue weighted by atomic mass is 10.1. The molecule has 26 heavy (non-hydrogen) atoms. The Labute approximate surface area is 150 Å². The summed E-state index contributed by atoms with van der Waals surface area (Å²) in [5, 5.41) is 2.84. The third kappa shape index (κ3) is 4.69. The molecule has 3 rings (SSSR count). The minimum Gasteiger partial charge on any atom is -0.408 e. The summed E-state index contributed by atoms with van der Waals surface area (Å²) in [4.78, 5) is 37.7. The molecule has 0 aliphatic rings. The van der Waals surface area contributed by atoms with Crippen molar-refractivity contribution in [3.63, 3.8) is 0 Å². The maximum atomic E-state index is 12.2. The van der Waals surface area contributed by atoms with Gasteiger partial charge in [0.2, 0.25) is 5.91 Å². The van der Waals surface area contributed by atoms with Crippen molar-refractivity contribution < 1.29 is 14.0 Å². The van der Waals surface area contributed by atoms with Gasteiger partial charge in [-0.25, -0.2) is 4.79 Å². The lowest BCUT2D eigenvalue weighted by molar-refractivity contribution is -0.121. The first-order valence-electron chi connectivity index (χ1n) is 8.58. The normalized spacial score (nSPS) is 10.8. The molecule has 0 spiro atoms. The van der Waals surface area contributed by atoms with Gasteiger partial charge in [-0.15, -0.1) is 0 Å². The van der Waals surface area contributed by atoms with Crippen molar-refractivity contribution in [1.29, 1.82) is 0 Å². The van der Waals surface area contributed by atoms with Gasteiger partial charge in [-0.1, -0.05) is 30.3 Å². The molecule has 0 atom stereocenters. The van der Waals surface area contributed by atoms with Crippen molar-refractivity contribution in [3.8, 4) is 0 Å². The molecule has 2 N–H and O–H groups in total. The number of hydrogen-bond acceptors (Lipinski definition) is 4. The lowest BCUT2D eigenvalue weighted by Gasteiger charge is -2.05. The first kappa shape index (κ1) is 17.7. The van der Waals surface area contributed by atoms with Gasteiger partial charge >= 0.3 is 5.76 Å². The molecule has 3 aromatic rings. The van der Waals surface area contributed by atoms with Crippen LogP contribution in [0.2, 0.25) is 0 Å². The number of Topliss-reactive ketones (excluding diaryl/α,β-unsaturated/α-hetero) is 1. The van der Waals surface area contributed by atoms with Crippen molar-refractivity contribution in [2.45, 2.75) is 25.7 Å². The van der Waals surface area contributed by atoms with E-state index in [0.29, 0.717) is 23.2 Å². The van der Waals surface area contributed by atoms with Crippen LogP contribution in [-0.4, -0.2) is 23.2 Å². The number of amides is 1. The molecule has 1 amide bonds. The molecular formula is C20H20N2O4. The Balaban J connectivity index is 1.41. The summed E-state index contributed by atoms with van der Waals surface area (Å²) >= 11 is 0. The number of hydrogen-bond donors (Lipinski definition) is 2. The number of ketones is 1. The molecule has 0 radical (unpaired) electrons. The van der Waals surface area contributed by atoms with Gasteiger partial charge in [-0.05, 0) is 36.6 Å². The minimum absolute atomic E-state index is 0.116. The van der Waals surface area contributed by atoms with Crippen LogP contribution >= 0.6 is 0 Å². The molecule has 0 aliphatic heterocycles. The number of carbonyl (C=O) groups excluding carboxylic acids is 2. The van der Waals surface area contributed by atoms with Crippen LogP contribution < -0.4 is 11.1 Å². The number of H-pyrrole nitrogens is 1. The Morgan fingerprint density at radius 2 is 1.85 bits per heavy atom. The van der Waals surface area contributed by atoms with E-state index in [1.165, 1.54) is 11.6 Å². The fourth-order valence-corrected chi connectivity index (χ4v) is 2.74. The average Bonchev–Trinajstić information content (AvgIpc) is 3.03. The molecule has 0 bridgehead atoms. The number of oxazole rings is 1. The molecule has 0 unspecified atom stereocenters. The van der Waals surface area contributed by atoms with E-state index in [1.54, 1.807) is 12.1 Å². The van der Waals surface area contributed by atoms with Gasteiger partial charge in [0.05, 0.1) is 5.52 Å². The highest BCUT2D eigenvalue weighted by Crippen LogP contribution is 2.14. The molecular weight excluding hydrogens is 332 g/mol. The second-order valence-corrected chi connectivity index (χ2v) is 6.09. The average molecular weight is 352 g/mol. The van der Waals surface area contributed by atoms with Gasteiger partial charge in [0.15, 0.2) is 11.4 Å². The quantitative estimate of drug-likeness (QED) is 0.482. The fourth-order valence-electron chi connectivity index (χ4n) is 2.74. The predicted octanol–water partition coefficient (Wildman–Crippen LogP) is 2.83. The summed E-state index contributed by atoms with van der Waals surface area (Å²) in [6.45, 7) is 0.586. The number of nitrogens with one attached hydrogen (secondary N) is 2. The number of carbonyl (C=O) groups is 2. The van der Waals surface area contributed by atoms with Gasteiger partial charge in [0, 0.05) is 24.9 Å². The maximum absolute atomic E-state index is 12.2. The van der Waals surface area contributed by atoms with Gasteiger partial charge < -0.3 is 9.73 Å². The summed E-state index contributed by atoms with van der Waals surface area (Å²) in [6, 6.07) is 14.8. The van der Waals surface area contributed by atoms with Gasteiger partial charge in [-0.2, -0.15) is 0 Å². The van der Waals surface area contributed by atoms with E-state index in [0.717, 1.165) is 12.8 Å². The second kappa shape index (κ2) is 8.29. The molecule has 6 heteroatoms.